The summed E-state index contributed by atoms with van der Waals surface area (Å²) in [6.45, 7) is 4.73. The molecule has 3 nitrogen and oxygen atoms in total. The summed E-state index contributed by atoms with van der Waals surface area (Å²) in [6, 6.07) is 9.38. The van der Waals surface area contributed by atoms with E-state index in [9.17, 15) is 0 Å². The van der Waals surface area contributed by atoms with E-state index in [1.165, 1.54) is 37.2 Å². The first kappa shape index (κ1) is 12.2. The molecule has 1 fully saturated rings. The second-order valence-electron chi connectivity index (χ2n) is 5.69. The maximum Gasteiger partial charge on any atom is 0.0459 e. The van der Waals surface area contributed by atoms with Crippen LogP contribution in [0.2, 0.25) is 0 Å². The van der Waals surface area contributed by atoms with E-state index in [4.69, 9.17) is 5.73 Å². The molecule has 18 heavy (non-hydrogen) atoms. The van der Waals surface area contributed by atoms with Gasteiger partial charge in [0, 0.05) is 25.2 Å². The lowest BCUT2D eigenvalue weighted by atomic mass is 10.1. The Labute approximate surface area is 110 Å². The topological polar surface area (TPSA) is 32.5 Å². The average molecular weight is 245 g/mol. The number of hydrogen-bond donors (Lipinski definition) is 1. The molecule has 2 atom stereocenters. The highest BCUT2D eigenvalue weighted by Crippen LogP contribution is 2.32. The van der Waals surface area contributed by atoms with Crippen molar-refractivity contribution in [2.75, 3.05) is 33.2 Å². The zero-order valence-electron chi connectivity index (χ0n) is 11.2. The molecule has 2 N–H and O–H groups in total. The Morgan fingerprint density at radius 2 is 1.94 bits per heavy atom. The summed E-state index contributed by atoms with van der Waals surface area (Å²) < 4.78 is 0. The SMILES string of the molecule is CN1CCCN(C2Cc3ccccc3C2N)CC1. The van der Waals surface area contributed by atoms with Crippen LogP contribution in [0.15, 0.2) is 24.3 Å². The van der Waals surface area contributed by atoms with E-state index in [0.29, 0.717) is 6.04 Å². The van der Waals surface area contributed by atoms with Crippen molar-refractivity contribution in [1.82, 2.24) is 9.80 Å². The van der Waals surface area contributed by atoms with Gasteiger partial charge in [-0.1, -0.05) is 24.3 Å². The molecule has 1 aromatic rings. The van der Waals surface area contributed by atoms with Crippen molar-refractivity contribution in [3.63, 3.8) is 0 Å². The standard InChI is InChI=1S/C15H23N3/c1-17-7-4-8-18(10-9-17)14-11-12-5-2-3-6-13(12)15(14)16/h2-3,5-6,14-15H,4,7-11,16H2,1H3. The van der Waals surface area contributed by atoms with Gasteiger partial charge in [0.05, 0.1) is 0 Å². The monoisotopic (exact) mass is 245 g/mol. The minimum atomic E-state index is 0.199. The summed E-state index contributed by atoms with van der Waals surface area (Å²) in [5, 5.41) is 0. The van der Waals surface area contributed by atoms with Crippen LogP contribution in [0, 0.1) is 0 Å². The van der Waals surface area contributed by atoms with E-state index in [1.807, 2.05) is 0 Å². The molecule has 0 saturated carbocycles. The van der Waals surface area contributed by atoms with Crippen LogP contribution in [0.3, 0.4) is 0 Å². The first-order valence-electron chi connectivity index (χ1n) is 7.01. The fourth-order valence-electron chi connectivity index (χ4n) is 3.36. The Hall–Kier alpha value is -0.900. The van der Waals surface area contributed by atoms with Gasteiger partial charge in [0.15, 0.2) is 0 Å². The normalized spacial score (nSPS) is 30.1. The average Bonchev–Trinajstić information content (AvgIpc) is 2.57. The minimum absolute atomic E-state index is 0.199. The van der Waals surface area contributed by atoms with Crippen LogP contribution in [-0.4, -0.2) is 49.1 Å². The second-order valence-corrected chi connectivity index (χ2v) is 5.69. The number of nitrogens with two attached hydrogens (primary N) is 1. The molecule has 0 amide bonds. The first-order chi connectivity index (χ1) is 8.75. The second kappa shape index (κ2) is 5.00. The van der Waals surface area contributed by atoms with E-state index < -0.39 is 0 Å². The van der Waals surface area contributed by atoms with Gasteiger partial charge in [-0.05, 0) is 44.1 Å². The summed E-state index contributed by atoms with van der Waals surface area (Å²) in [7, 11) is 2.22. The van der Waals surface area contributed by atoms with Gasteiger partial charge in [-0.15, -0.1) is 0 Å². The Bertz CT molecular complexity index is 418. The zero-order chi connectivity index (χ0) is 12.5. The van der Waals surface area contributed by atoms with E-state index in [0.717, 1.165) is 13.0 Å². The molecule has 98 valence electrons. The Kier molecular flexibility index (Phi) is 3.37. The third kappa shape index (κ3) is 2.18. The third-order valence-electron chi connectivity index (χ3n) is 4.48. The number of likely N-dealkylation sites (N-methyl/N-ethyl adjacent to an activating group) is 1. The predicted molar refractivity (Wildman–Crippen MR) is 74.5 cm³/mol. The molecule has 1 saturated heterocycles. The maximum absolute atomic E-state index is 6.45. The Balaban J connectivity index is 1.75. The fourth-order valence-corrected chi connectivity index (χ4v) is 3.36. The third-order valence-corrected chi connectivity index (χ3v) is 4.48. The lowest BCUT2D eigenvalue weighted by molar-refractivity contribution is 0.186. The van der Waals surface area contributed by atoms with Gasteiger partial charge in [-0.2, -0.15) is 0 Å². The van der Waals surface area contributed by atoms with Crippen LogP contribution in [0.5, 0.6) is 0 Å². The molecule has 3 rings (SSSR count). The van der Waals surface area contributed by atoms with E-state index >= 15 is 0 Å². The number of benzene rings is 1. The van der Waals surface area contributed by atoms with Crippen molar-refractivity contribution in [2.45, 2.75) is 24.9 Å². The molecule has 1 aliphatic heterocycles. The van der Waals surface area contributed by atoms with E-state index in [-0.39, 0.29) is 6.04 Å². The molecule has 2 unspecified atom stereocenters. The van der Waals surface area contributed by atoms with Gasteiger partial charge in [-0.3, -0.25) is 4.90 Å². The van der Waals surface area contributed by atoms with Crippen molar-refractivity contribution in [3.8, 4) is 0 Å². The molecule has 3 heteroatoms. The highest BCUT2D eigenvalue weighted by atomic mass is 15.2. The highest BCUT2D eigenvalue weighted by Gasteiger charge is 2.33. The molecule has 0 aromatic heterocycles. The van der Waals surface area contributed by atoms with Gasteiger partial charge in [0.1, 0.15) is 0 Å². The molecule has 0 bridgehead atoms. The van der Waals surface area contributed by atoms with Gasteiger partial charge in [0.2, 0.25) is 0 Å². The molecule has 1 aromatic carbocycles. The van der Waals surface area contributed by atoms with Crippen LogP contribution in [0.4, 0.5) is 0 Å². The van der Waals surface area contributed by atoms with Gasteiger partial charge in [-0.25, -0.2) is 0 Å². The number of rotatable bonds is 1. The number of nitrogens with zero attached hydrogens (tertiary/aromatic N) is 2. The minimum Gasteiger partial charge on any atom is -0.323 e. The Morgan fingerprint density at radius 3 is 2.78 bits per heavy atom. The molecule has 1 heterocycles. The quantitative estimate of drug-likeness (QED) is 0.808. The lowest BCUT2D eigenvalue weighted by Gasteiger charge is -2.30. The van der Waals surface area contributed by atoms with E-state index in [1.54, 1.807) is 0 Å². The van der Waals surface area contributed by atoms with Crippen LogP contribution in [-0.2, 0) is 6.42 Å². The molecular formula is C15H23N3. The van der Waals surface area contributed by atoms with Gasteiger partial charge < -0.3 is 10.6 Å². The summed E-state index contributed by atoms with van der Waals surface area (Å²) in [5.74, 6) is 0. The molecule has 1 aliphatic carbocycles. The molecule has 0 spiro atoms. The zero-order valence-corrected chi connectivity index (χ0v) is 11.2. The van der Waals surface area contributed by atoms with Gasteiger partial charge >= 0.3 is 0 Å². The predicted octanol–water partition coefficient (Wildman–Crippen LogP) is 1.25. The van der Waals surface area contributed by atoms with Crippen molar-refractivity contribution in [1.29, 1.82) is 0 Å². The Morgan fingerprint density at radius 1 is 1.11 bits per heavy atom. The number of hydrogen-bond acceptors (Lipinski definition) is 3. The van der Waals surface area contributed by atoms with Crippen LogP contribution >= 0.6 is 0 Å². The van der Waals surface area contributed by atoms with Crippen LogP contribution < -0.4 is 5.73 Å². The molecular weight excluding hydrogens is 222 g/mol. The van der Waals surface area contributed by atoms with Crippen molar-refractivity contribution in [2.24, 2.45) is 5.73 Å². The summed E-state index contributed by atoms with van der Waals surface area (Å²) in [5.41, 5.74) is 9.26. The van der Waals surface area contributed by atoms with Crippen molar-refractivity contribution in [3.05, 3.63) is 35.4 Å². The summed E-state index contributed by atoms with van der Waals surface area (Å²) in [4.78, 5) is 5.03. The highest BCUT2D eigenvalue weighted by molar-refractivity contribution is 5.36. The van der Waals surface area contributed by atoms with Crippen molar-refractivity contribution < 1.29 is 0 Å². The van der Waals surface area contributed by atoms with Crippen molar-refractivity contribution >= 4 is 0 Å². The fraction of sp³-hybridized carbons (Fsp3) is 0.600. The maximum atomic E-state index is 6.45. The number of fused-ring (bicyclic) bond motifs is 1. The van der Waals surface area contributed by atoms with Crippen LogP contribution in [0.1, 0.15) is 23.6 Å². The summed E-state index contributed by atoms with van der Waals surface area (Å²) in [6.07, 6.45) is 2.39. The molecule has 0 radical (unpaired) electrons. The first-order valence-corrected chi connectivity index (χ1v) is 7.01. The lowest BCUT2D eigenvalue weighted by Crippen LogP contribution is -2.42. The van der Waals surface area contributed by atoms with Gasteiger partial charge in [0.25, 0.3) is 0 Å². The smallest absolute Gasteiger partial charge is 0.0459 e. The van der Waals surface area contributed by atoms with Crippen LogP contribution in [0.25, 0.3) is 0 Å². The summed E-state index contributed by atoms with van der Waals surface area (Å²) >= 11 is 0. The molecule has 2 aliphatic rings. The van der Waals surface area contributed by atoms with E-state index in [2.05, 4.69) is 41.1 Å². The largest absolute Gasteiger partial charge is 0.323 e.